The van der Waals surface area contributed by atoms with Crippen molar-refractivity contribution in [3.05, 3.63) is 41.5 Å². The van der Waals surface area contributed by atoms with Crippen LogP contribution in [0.3, 0.4) is 0 Å². The van der Waals surface area contributed by atoms with Crippen LogP contribution < -0.4 is 4.74 Å². The Morgan fingerprint density at radius 2 is 2.00 bits per heavy atom. The minimum Gasteiger partial charge on any atom is -0.497 e. The fourth-order valence-corrected chi connectivity index (χ4v) is 2.21. The molecule has 0 unspecified atom stereocenters. The second-order valence-electron chi connectivity index (χ2n) is 4.09. The van der Waals surface area contributed by atoms with Crippen LogP contribution in [0.5, 0.6) is 5.75 Å². The van der Waals surface area contributed by atoms with E-state index in [0.717, 1.165) is 34.1 Å². The van der Waals surface area contributed by atoms with Crippen LogP contribution in [0.15, 0.2) is 30.3 Å². The summed E-state index contributed by atoms with van der Waals surface area (Å²) in [7, 11) is 1.66. The second-order valence-corrected chi connectivity index (χ2v) is 4.09. The van der Waals surface area contributed by atoms with Gasteiger partial charge in [0.05, 0.1) is 7.11 Å². The summed E-state index contributed by atoms with van der Waals surface area (Å²) in [6.45, 7) is 3.69. The summed E-state index contributed by atoms with van der Waals surface area (Å²) in [5, 5.41) is 2.26. The van der Waals surface area contributed by atoms with Crippen LogP contribution in [-0.2, 0) is 6.42 Å². The van der Waals surface area contributed by atoms with E-state index in [0.29, 0.717) is 0 Å². The Kier molecular flexibility index (Phi) is 3.14. The van der Waals surface area contributed by atoms with Crippen LogP contribution >= 0.6 is 0 Å². The van der Waals surface area contributed by atoms with E-state index < -0.39 is 0 Å². The van der Waals surface area contributed by atoms with Crippen molar-refractivity contribution >= 4 is 16.6 Å². The number of fused-ring (bicyclic) bond motifs is 1. The van der Waals surface area contributed by atoms with Crippen molar-refractivity contribution in [2.45, 2.75) is 20.3 Å². The number of carbonyl (C=O) groups excluding carboxylic acids is 1. The number of Topliss-reactive ketones (excluding diaryl/α,β-unsaturated/α-hetero) is 1. The number of ether oxygens (including phenoxy) is 1. The van der Waals surface area contributed by atoms with Gasteiger partial charge < -0.3 is 4.74 Å². The molecule has 0 bridgehead atoms. The zero-order valence-corrected chi connectivity index (χ0v) is 10.4. The molecule has 0 saturated carbocycles. The van der Waals surface area contributed by atoms with E-state index in [1.54, 1.807) is 14.0 Å². The third kappa shape index (κ3) is 2.03. The number of carbonyl (C=O) groups is 1. The first-order valence-electron chi connectivity index (χ1n) is 5.78. The molecule has 0 spiro atoms. The summed E-state index contributed by atoms with van der Waals surface area (Å²) in [5.74, 6) is 0.967. The van der Waals surface area contributed by atoms with Gasteiger partial charge in [0.25, 0.3) is 0 Å². The summed E-state index contributed by atoms with van der Waals surface area (Å²) in [4.78, 5) is 11.6. The van der Waals surface area contributed by atoms with E-state index in [9.17, 15) is 4.79 Å². The molecule has 0 aliphatic rings. The van der Waals surface area contributed by atoms with Crippen LogP contribution in [0.25, 0.3) is 10.8 Å². The first-order valence-corrected chi connectivity index (χ1v) is 5.78. The number of hydrogen-bond donors (Lipinski definition) is 0. The van der Waals surface area contributed by atoms with Crippen LogP contribution in [-0.4, -0.2) is 12.9 Å². The van der Waals surface area contributed by atoms with Crippen molar-refractivity contribution in [3.63, 3.8) is 0 Å². The predicted molar refractivity (Wildman–Crippen MR) is 69.9 cm³/mol. The maximum Gasteiger partial charge on any atom is 0.160 e. The zero-order chi connectivity index (χ0) is 12.4. The molecule has 0 heterocycles. The Bertz CT molecular complexity index is 570. The molecular formula is C15H16O2. The number of hydrogen-bond acceptors (Lipinski definition) is 2. The van der Waals surface area contributed by atoms with Crippen molar-refractivity contribution in [2.75, 3.05) is 7.11 Å². The molecule has 0 atom stereocenters. The molecular weight excluding hydrogens is 212 g/mol. The van der Waals surface area contributed by atoms with Gasteiger partial charge in [0, 0.05) is 5.56 Å². The van der Waals surface area contributed by atoms with Crippen molar-refractivity contribution in [1.82, 2.24) is 0 Å². The third-order valence-corrected chi connectivity index (χ3v) is 3.07. The van der Waals surface area contributed by atoms with E-state index in [1.807, 2.05) is 30.3 Å². The van der Waals surface area contributed by atoms with Gasteiger partial charge in [-0.25, -0.2) is 0 Å². The Morgan fingerprint density at radius 3 is 2.59 bits per heavy atom. The average Bonchev–Trinajstić information content (AvgIpc) is 2.36. The summed E-state index contributed by atoms with van der Waals surface area (Å²) in [6.07, 6.45) is 0.860. The monoisotopic (exact) mass is 228 g/mol. The molecule has 17 heavy (non-hydrogen) atoms. The number of benzene rings is 2. The minimum absolute atomic E-state index is 0.125. The van der Waals surface area contributed by atoms with Gasteiger partial charge in [-0.1, -0.05) is 25.1 Å². The quantitative estimate of drug-likeness (QED) is 0.750. The first kappa shape index (κ1) is 11.6. The molecule has 0 fully saturated rings. The third-order valence-electron chi connectivity index (χ3n) is 3.07. The van der Waals surface area contributed by atoms with Crippen LogP contribution in [0.4, 0.5) is 0 Å². The van der Waals surface area contributed by atoms with Gasteiger partial charge in [0.1, 0.15) is 5.75 Å². The van der Waals surface area contributed by atoms with Crippen LogP contribution in [0.1, 0.15) is 29.8 Å². The molecule has 0 radical (unpaired) electrons. The largest absolute Gasteiger partial charge is 0.497 e. The van der Waals surface area contributed by atoms with Gasteiger partial charge in [0.2, 0.25) is 0 Å². The molecule has 0 aliphatic carbocycles. The molecule has 0 saturated heterocycles. The maximum atomic E-state index is 11.6. The summed E-state index contributed by atoms with van der Waals surface area (Å²) < 4.78 is 5.21. The number of aryl methyl sites for hydroxylation is 1. The molecule has 2 aromatic rings. The molecule has 0 aromatic heterocycles. The number of rotatable bonds is 3. The Hall–Kier alpha value is -1.83. The van der Waals surface area contributed by atoms with E-state index in [4.69, 9.17) is 4.74 Å². The van der Waals surface area contributed by atoms with E-state index >= 15 is 0 Å². The molecule has 2 nitrogen and oxygen atoms in total. The fourth-order valence-electron chi connectivity index (χ4n) is 2.21. The lowest BCUT2D eigenvalue weighted by atomic mass is 9.95. The molecule has 88 valence electrons. The van der Waals surface area contributed by atoms with Gasteiger partial charge in [-0.05, 0) is 41.8 Å². The maximum absolute atomic E-state index is 11.6. The highest BCUT2D eigenvalue weighted by Gasteiger charge is 2.09. The van der Waals surface area contributed by atoms with Crippen molar-refractivity contribution < 1.29 is 9.53 Å². The van der Waals surface area contributed by atoms with Gasteiger partial charge in [-0.3, -0.25) is 4.79 Å². The second kappa shape index (κ2) is 4.58. The van der Waals surface area contributed by atoms with Gasteiger partial charge in [-0.15, -0.1) is 0 Å². The average molecular weight is 228 g/mol. The highest BCUT2D eigenvalue weighted by atomic mass is 16.5. The van der Waals surface area contributed by atoms with Crippen molar-refractivity contribution in [1.29, 1.82) is 0 Å². The molecule has 0 N–H and O–H groups in total. The SMILES string of the molecule is CCc1c(C(C)=O)ccc2cc(OC)ccc12. The van der Waals surface area contributed by atoms with Gasteiger partial charge >= 0.3 is 0 Å². The van der Waals surface area contributed by atoms with Crippen molar-refractivity contribution in [3.8, 4) is 5.75 Å². The molecule has 2 heteroatoms. The Labute approximate surface area is 101 Å². The topological polar surface area (TPSA) is 26.3 Å². The lowest BCUT2D eigenvalue weighted by Crippen LogP contribution is -1.99. The van der Waals surface area contributed by atoms with E-state index in [1.165, 1.54) is 0 Å². The standard InChI is InChI=1S/C15H16O2/c1-4-13-14(10(2)16)7-5-11-9-12(17-3)6-8-15(11)13/h5-9H,4H2,1-3H3. The molecule has 0 amide bonds. The predicted octanol–water partition coefficient (Wildman–Crippen LogP) is 3.61. The fraction of sp³-hybridized carbons (Fsp3) is 0.267. The summed E-state index contributed by atoms with van der Waals surface area (Å²) >= 11 is 0. The Morgan fingerprint density at radius 1 is 1.24 bits per heavy atom. The first-order chi connectivity index (χ1) is 8.17. The summed E-state index contributed by atoms with van der Waals surface area (Å²) in [6, 6.07) is 9.85. The normalized spacial score (nSPS) is 10.5. The number of ketones is 1. The zero-order valence-electron chi connectivity index (χ0n) is 10.4. The number of methoxy groups -OCH3 is 1. The highest BCUT2D eigenvalue weighted by molar-refractivity contribution is 6.01. The van der Waals surface area contributed by atoms with E-state index in [2.05, 4.69) is 6.92 Å². The van der Waals surface area contributed by atoms with Gasteiger partial charge in [-0.2, -0.15) is 0 Å². The van der Waals surface area contributed by atoms with Crippen LogP contribution in [0.2, 0.25) is 0 Å². The minimum atomic E-state index is 0.125. The van der Waals surface area contributed by atoms with Crippen LogP contribution in [0, 0.1) is 0 Å². The van der Waals surface area contributed by atoms with E-state index in [-0.39, 0.29) is 5.78 Å². The van der Waals surface area contributed by atoms with Gasteiger partial charge in [0.15, 0.2) is 5.78 Å². The molecule has 2 rings (SSSR count). The smallest absolute Gasteiger partial charge is 0.160 e. The molecule has 0 aliphatic heterocycles. The highest BCUT2D eigenvalue weighted by Crippen LogP contribution is 2.27. The lowest BCUT2D eigenvalue weighted by molar-refractivity contribution is 0.101. The summed E-state index contributed by atoms with van der Waals surface area (Å²) in [5.41, 5.74) is 1.95. The molecule has 2 aromatic carbocycles. The Balaban J connectivity index is 2.73. The lowest BCUT2D eigenvalue weighted by Gasteiger charge is -2.10. The van der Waals surface area contributed by atoms with Crippen molar-refractivity contribution in [2.24, 2.45) is 0 Å².